The van der Waals surface area contributed by atoms with Gasteiger partial charge in [-0.25, -0.2) is 4.98 Å². The Morgan fingerprint density at radius 3 is 2.85 bits per heavy atom. The van der Waals surface area contributed by atoms with Gasteiger partial charge in [0, 0.05) is 13.7 Å². The second-order valence-electron chi connectivity index (χ2n) is 4.84. The van der Waals surface area contributed by atoms with Crippen molar-refractivity contribution in [2.45, 2.75) is 26.4 Å². The van der Waals surface area contributed by atoms with E-state index in [1.165, 1.54) is 0 Å². The lowest BCUT2D eigenvalue weighted by Gasteiger charge is -2.16. The molecule has 0 radical (unpaired) electrons. The van der Waals surface area contributed by atoms with Crippen molar-refractivity contribution >= 4 is 10.9 Å². The van der Waals surface area contributed by atoms with Gasteiger partial charge in [-0.05, 0) is 26.0 Å². The summed E-state index contributed by atoms with van der Waals surface area (Å²) >= 11 is 0. The normalized spacial score (nSPS) is 12.8. The summed E-state index contributed by atoms with van der Waals surface area (Å²) < 4.78 is 6.82. The molecule has 1 atom stereocenters. The maximum absolute atomic E-state index is 12.5. The molecule has 0 aliphatic heterocycles. The average Bonchev–Trinajstić information content (AvgIpc) is 2.47. The molecule has 0 unspecified atom stereocenters. The van der Waals surface area contributed by atoms with Crippen LogP contribution in [0.1, 0.15) is 25.7 Å². The summed E-state index contributed by atoms with van der Waals surface area (Å²) in [6, 6.07) is 7.64. The SMILES string of the molecule is CCn1c([C@@H](C)[NH2+]CCOC)nc2ccccc2c1=O. The number of ether oxygens (including phenoxy) is 1. The lowest BCUT2D eigenvalue weighted by molar-refractivity contribution is -0.695. The molecule has 20 heavy (non-hydrogen) atoms. The molecule has 0 fully saturated rings. The first-order valence-corrected chi connectivity index (χ1v) is 7.00. The molecular formula is C15H22N3O2+. The lowest BCUT2D eigenvalue weighted by atomic mass is 10.2. The maximum Gasteiger partial charge on any atom is 0.261 e. The summed E-state index contributed by atoms with van der Waals surface area (Å²) in [6.07, 6.45) is 0. The van der Waals surface area contributed by atoms with E-state index in [0.717, 1.165) is 17.9 Å². The van der Waals surface area contributed by atoms with Crippen LogP contribution in [0.5, 0.6) is 0 Å². The summed E-state index contributed by atoms with van der Waals surface area (Å²) in [5.41, 5.74) is 0.810. The van der Waals surface area contributed by atoms with Crippen LogP contribution in [0.15, 0.2) is 29.1 Å². The standard InChI is InChI=1S/C15H21N3O2/c1-4-18-14(11(2)16-9-10-20-3)17-13-8-6-5-7-12(13)15(18)19/h5-8,11,16H,4,9-10H2,1-3H3/p+1/t11-/m1/s1. The Kier molecular flexibility index (Phi) is 4.87. The molecule has 5 nitrogen and oxygen atoms in total. The first-order chi connectivity index (χ1) is 9.69. The Balaban J connectivity index is 2.43. The summed E-state index contributed by atoms with van der Waals surface area (Å²) in [5.74, 6) is 0.826. The maximum atomic E-state index is 12.5. The second-order valence-corrected chi connectivity index (χ2v) is 4.84. The fourth-order valence-corrected chi connectivity index (χ4v) is 2.38. The van der Waals surface area contributed by atoms with Crippen molar-refractivity contribution in [3.63, 3.8) is 0 Å². The minimum Gasteiger partial charge on any atom is -0.379 e. The van der Waals surface area contributed by atoms with E-state index in [1.54, 1.807) is 11.7 Å². The van der Waals surface area contributed by atoms with E-state index in [0.29, 0.717) is 18.5 Å². The molecule has 1 aromatic carbocycles. The fraction of sp³-hybridized carbons (Fsp3) is 0.467. The highest BCUT2D eigenvalue weighted by Crippen LogP contribution is 2.11. The monoisotopic (exact) mass is 276 g/mol. The van der Waals surface area contributed by atoms with Crippen LogP contribution in [-0.2, 0) is 11.3 Å². The molecular weight excluding hydrogens is 254 g/mol. The van der Waals surface area contributed by atoms with Crippen molar-refractivity contribution in [1.29, 1.82) is 0 Å². The Bertz CT molecular complexity index is 637. The van der Waals surface area contributed by atoms with E-state index in [-0.39, 0.29) is 11.6 Å². The number of benzene rings is 1. The molecule has 5 heteroatoms. The van der Waals surface area contributed by atoms with Crippen molar-refractivity contribution in [3.05, 3.63) is 40.4 Å². The predicted octanol–water partition coefficient (Wildman–Crippen LogP) is 0.687. The zero-order valence-electron chi connectivity index (χ0n) is 12.3. The van der Waals surface area contributed by atoms with E-state index in [1.807, 2.05) is 31.2 Å². The largest absolute Gasteiger partial charge is 0.379 e. The number of fused-ring (bicyclic) bond motifs is 1. The molecule has 2 rings (SSSR count). The van der Waals surface area contributed by atoms with Gasteiger partial charge < -0.3 is 10.1 Å². The molecule has 108 valence electrons. The third-order valence-electron chi connectivity index (χ3n) is 3.46. The van der Waals surface area contributed by atoms with Gasteiger partial charge in [-0.1, -0.05) is 12.1 Å². The molecule has 1 aromatic heterocycles. The van der Waals surface area contributed by atoms with Gasteiger partial charge in [0.05, 0.1) is 24.1 Å². The van der Waals surface area contributed by atoms with Gasteiger partial charge in [0.15, 0.2) is 5.82 Å². The summed E-state index contributed by atoms with van der Waals surface area (Å²) in [6.45, 7) is 6.22. The highest BCUT2D eigenvalue weighted by Gasteiger charge is 2.17. The van der Waals surface area contributed by atoms with E-state index >= 15 is 0 Å². The van der Waals surface area contributed by atoms with E-state index in [9.17, 15) is 4.79 Å². The van der Waals surface area contributed by atoms with Crippen LogP contribution in [-0.4, -0.2) is 29.8 Å². The van der Waals surface area contributed by atoms with Crippen molar-refractivity contribution in [2.75, 3.05) is 20.3 Å². The first-order valence-electron chi connectivity index (χ1n) is 7.00. The number of nitrogens with zero attached hydrogens (tertiary/aromatic N) is 2. The minimum atomic E-state index is 0.0418. The molecule has 1 heterocycles. The third kappa shape index (κ3) is 2.89. The molecule has 2 aromatic rings. The van der Waals surface area contributed by atoms with Gasteiger partial charge in [0.2, 0.25) is 0 Å². The zero-order valence-corrected chi connectivity index (χ0v) is 12.3. The van der Waals surface area contributed by atoms with Gasteiger partial charge in [0.25, 0.3) is 5.56 Å². The predicted molar refractivity (Wildman–Crippen MR) is 78.8 cm³/mol. The molecule has 0 aliphatic rings. The Morgan fingerprint density at radius 2 is 2.15 bits per heavy atom. The first kappa shape index (κ1) is 14.7. The summed E-state index contributed by atoms with van der Waals surface area (Å²) in [7, 11) is 1.69. The van der Waals surface area contributed by atoms with E-state index in [2.05, 4.69) is 17.2 Å². The van der Waals surface area contributed by atoms with Crippen molar-refractivity contribution in [2.24, 2.45) is 0 Å². The molecule has 0 saturated heterocycles. The fourth-order valence-electron chi connectivity index (χ4n) is 2.38. The number of para-hydroxylation sites is 1. The summed E-state index contributed by atoms with van der Waals surface area (Å²) in [4.78, 5) is 17.2. The highest BCUT2D eigenvalue weighted by atomic mass is 16.5. The topological polar surface area (TPSA) is 60.7 Å². The van der Waals surface area contributed by atoms with E-state index in [4.69, 9.17) is 4.74 Å². The quantitative estimate of drug-likeness (QED) is 0.790. The number of hydrogen-bond acceptors (Lipinski definition) is 3. The highest BCUT2D eigenvalue weighted by molar-refractivity contribution is 5.77. The van der Waals surface area contributed by atoms with Crippen LogP contribution in [0.3, 0.4) is 0 Å². The van der Waals surface area contributed by atoms with Gasteiger partial charge in [-0.15, -0.1) is 0 Å². The van der Waals surface area contributed by atoms with Gasteiger partial charge in [-0.3, -0.25) is 9.36 Å². The van der Waals surface area contributed by atoms with Crippen LogP contribution in [0, 0.1) is 0 Å². The number of aromatic nitrogens is 2. The van der Waals surface area contributed by atoms with E-state index < -0.39 is 0 Å². The van der Waals surface area contributed by atoms with Crippen LogP contribution < -0.4 is 10.9 Å². The number of quaternary nitrogens is 1. The van der Waals surface area contributed by atoms with Crippen molar-refractivity contribution < 1.29 is 10.1 Å². The molecule has 0 saturated carbocycles. The van der Waals surface area contributed by atoms with Crippen LogP contribution in [0.25, 0.3) is 10.9 Å². The van der Waals surface area contributed by atoms with Crippen LogP contribution in [0.4, 0.5) is 0 Å². The number of hydrogen-bond donors (Lipinski definition) is 1. The Morgan fingerprint density at radius 1 is 1.40 bits per heavy atom. The second kappa shape index (κ2) is 6.63. The molecule has 0 amide bonds. The number of nitrogens with two attached hydrogens (primary N) is 1. The lowest BCUT2D eigenvalue weighted by Crippen LogP contribution is -2.86. The molecule has 2 N–H and O–H groups in total. The van der Waals surface area contributed by atoms with Crippen molar-refractivity contribution in [3.8, 4) is 0 Å². The average molecular weight is 276 g/mol. The number of methoxy groups -OCH3 is 1. The zero-order chi connectivity index (χ0) is 14.5. The third-order valence-corrected chi connectivity index (χ3v) is 3.46. The molecule has 0 aliphatic carbocycles. The molecule has 0 spiro atoms. The Labute approximate surface area is 118 Å². The Hall–Kier alpha value is -1.72. The van der Waals surface area contributed by atoms with Crippen LogP contribution >= 0.6 is 0 Å². The van der Waals surface area contributed by atoms with Gasteiger partial charge in [0.1, 0.15) is 6.04 Å². The van der Waals surface area contributed by atoms with Gasteiger partial charge >= 0.3 is 0 Å². The van der Waals surface area contributed by atoms with Crippen molar-refractivity contribution in [1.82, 2.24) is 9.55 Å². The molecule has 0 bridgehead atoms. The minimum absolute atomic E-state index is 0.0418. The van der Waals surface area contributed by atoms with Gasteiger partial charge in [-0.2, -0.15) is 0 Å². The summed E-state index contributed by atoms with van der Waals surface area (Å²) in [5, 5.41) is 2.83. The van der Waals surface area contributed by atoms with Crippen LogP contribution in [0.2, 0.25) is 0 Å². The smallest absolute Gasteiger partial charge is 0.261 e. The number of rotatable bonds is 6.